The number of aromatic nitrogens is 2. The average Bonchev–Trinajstić information content (AvgIpc) is 3.26. The van der Waals surface area contributed by atoms with Crippen molar-refractivity contribution in [2.45, 2.75) is 20.0 Å². The van der Waals surface area contributed by atoms with E-state index >= 15 is 0 Å². The fraction of sp³-hybridized carbons (Fsp3) is 0.250. The fourth-order valence-electron chi connectivity index (χ4n) is 2.78. The zero-order valence-corrected chi connectivity index (χ0v) is 12.7. The molecule has 1 N–H and O–H groups in total. The lowest BCUT2D eigenvalue weighted by Gasteiger charge is -2.28. The van der Waals surface area contributed by atoms with Gasteiger partial charge in [0.25, 0.3) is 0 Å². The van der Waals surface area contributed by atoms with Crippen LogP contribution in [0.1, 0.15) is 11.5 Å². The number of furan rings is 1. The highest BCUT2D eigenvalue weighted by atomic mass is 16.5. The first kappa shape index (κ1) is 13.7. The summed E-state index contributed by atoms with van der Waals surface area (Å²) in [5.74, 6) is 1.71. The van der Waals surface area contributed by atoms with Crippen molar-refractivity contribution in [1.82, 2.24) is 14.6 Å². The topological polar surface area (TPSA) is 76.4 Å². The second-order valence-corrected chi connectivity index (χ2v) is 5.51. The Hall–Kier alpha value is -2.96. The van der Waals surface area contributed by atoms with E-state index in [-0.39, 0.29) is 6.03 Å². The Morgan fingerprint density at radius 1 is 1.35 bits per heavy atom. The molecule has 3 aromatic heterocycles. The van der Waals surface area contributed by atoms with Crippen LogP contribution in [-0.4, -0.2) is 27.2 Å². The maximum Gasteiger partial charge on any atom is 0.323 e. The van der Waals surface area contributed by atoms with Gasteiger partial charge in [-0.3, -0.25) is 5.32 Å². The number of carbonyl (C=O) groups is 1. The van der Waals surface area contributed by atoms with E-state index in [1.54, 1.807) is 23.3 Å². The fourth-order valence-corrected chi connectivity index (χ4v) is 2.78. The van der Waals surface area contributed by atoms with Crippen LogP contribution in [0.15, 0.2) is 45.7 Å². The number of hydrogen-bond donors (Lipinski definition) is 1. The van der Waals surface area contributed by atoms with Crippen molar-refractivity contribution in [3.63, 3.8) is 0 Å². The second-order valence-electron chi connectivity index (χ2n) is 5.51. The SMILES string of the molecule is Cc1occc1-c1cc(NC(=O)N2CCn3cccc3C2)no1. The number of amides is 2. The highest BCUT2D eigenvalue weighted by Gasteiger charge is 2.21. The van der Waals surface area contributed by atoms with Crippen molar-refractivity contribution in [1.29, 1.82) is 0 Å². The monoisotopic (exact) mass is 312 g/mol. The molecule has 4 rings (SSSR count). The Morgan fingerprint density at radius 2 is 2.26 bits per heavy atom. The van der Waals surface area contributed by atoms with Gasteiger partial charge in [-0.05, 0) is 25.1 Å². The zero-order chi connectivity index (χ0) is 15.8. The van der Waals surface area contributed by atoms with Crippen LogP contribution in [0.5, 0.6) is 0 Å². The molecule has 1 aliphatic rings. The molecule has 0 atom stereocenters. The number of fused-ring (bicyclic) bond motifs is 1. The summed E-state index contributed by atoms with van der Waals surface area (Å²) in [5.41, 5.74) is 1.95. The number of urea groups is 1. The summed E-state index contributed by atoms with van der Waals surface area (Å²) in [6.45, 7) is 3.90. The molecule has 7 heteroatoms. The van der Waals surface area contributed by atoms with Gasteiger partial charge in [0.05, 0.1) is 18.4 Å². The van der Waals surface area contributed by atoms with Crippen LogP contribution in [0.2, 0.25) is 0 Å². The Kier molecular flexibility index (Phi) is 3.18. The Bertz CT molecular complexity index is 845. The molecule has 1 aliphatic heterocycles. The van der Waals surface area contributed by atoms with Gasteiger partial charge in [-0.15, -0.1) is 0 Å². The van der Waals surface area contributed by atoms with Crippen LogP contribution < -0.4 is 5.32 Å². The van der Waals surface area contributed by atoms with Crippen LogP contribution in [0.3, 0.4) is 0 Å². The van der Waals surface area contributed by atoms with Gasteiger partial charge < -0.3 is 18.4 Å². The van der Waals surface area contributed by atoms with E-state index in [1.165, 1.54) is 0 Å². The Morgan fingerprint density at radius 3 is 3.09 bits per heavy atom. The smallest absolute Gasteiger partial charge is 0.323 e. The lowest BCUT2D eigenvalue weighted by molar-refractivity contribution is 0.197. The highest BCUT2D eigenvalue weighted by Crippen LogP contribution is 2.26. The van der Waals surface area contributed by atoms with Gasteiger partial charge >= 0.3 is 6.03 Å². The van der Waals surface area contributed by atoms with Crippen molar-refractivity contribution in [3.8, 4) is 11.3 Å². The van der Waals surface area contributed by atoms with Crippen LogP contribution in [0, 0.1) is 6.92 Å². The minimum atomic E-state index is -0.179. The molecule has 4 heterocycles. The highest BCUT2D eigenvalue weighted by molar-refractivity contribution is 5.88. The number of hydrogen-bond acceptors (Lipinski definition) is 4. The van der Waals surface area contributed by atoms with Gasteiger partial charge in [0.1, 0.15) is 5.76 Å². The van der Waals surface area contributed by atoms with Gasteiger partial charge in [-0.2, -0.15) is 0 Å². The predicted octanol–water partition coefficient (Wildman–Crippen LogP) is 3.09. The molecule has 0 aromatic carbocycles. The molecule has 0 fully saturated rings. The van der Waals surface area contributed by atoms with E-state index in [9.17, 15) is 4.79 Å². The number of anilines is 1. The molecule has 0 spiro atoms. The Labute approximate surface area is 132 Å². The summed E-state index contributed by atoms with van der Waals surface area (Å²) in [5, 5.41) is 6.68. The van der Waals surface area contributed by atoms with Crippen LogP contribution in [0.4, 0.5) is 10.6 Å². The Balaban J connectivity index is 1.46. The van der Waals surface area contributed by atoms with Crippen molar-refractivity contribution in [2.75, 3.05) is 11.9 Å². The summed E-state index contributed by atoms with van der Waals surface area (Å²) in [7, 11) is 0. The number of carbonyl (C=O) groups excluding carboxylic acids is 1. The van der Waals surface area contributed by atoms with E-state index in [0.29, 0.717) is 24.7 Å². The largest absolute Gasteiger partial charge is 0.469 e. The average molecular weight is 312 g/mol. The summed E-state index contributed by atoms with van der Waals surface area (Å²) < 4.78 is 12.7. The van der Waals surface area contributed by atoms with E-state index in [2.05, 4.69) is 15.0 Å². The number of nitrogens with one attached hydrogen (secondary N) is 1. The summed E-state index contributed by atoms with van der Waals surface area (Å²) in [6, 6.07) is 7.34. The lowest BCUT2D eigenvalue weighted by atomic mass is 10.2. The lowest BCUT2D eigenvalue weighted by Crippen LogP contribution is -2.40. The molecule has 0 aliphatic carbocycles. The molecule has 0 bridgehead atoms. The number of nitrogens with zero attached hydrogens (tertiary/aromatic N) is 3. The molecule has 23 heavy (non-hydrogen) atoms. The van der Waals surface area contributed by atoms with Gasteiger partial charge in [0.15, 0.2) is 11.6 Å². The van der Waals surface area contributed by atoms with Gasteiger partial charge in [-0.25, -0.2) is 4.79 Å². The molecule has 2 amide bonds. The van der Waals surface area contributed by atoms with Crippen LogP contribution in [-0.2, 0) is 13.1 Å². The molecule has 3 aromatic rings. The van der Waals surface area contributed by atoms with Gasteiger partial charge in [0.2, 0.25) is 0 Å². The van der Waals surface area contributed by atoms with Gasteiger partial charge in [0, 0.05) is 31.0 Å². The first-order chi connectivity index (χ1) is 11.2. The molecule has 118 valence electrons. The molecule has 0 unspecified atom stereocenters. The van der Waals surface area contributed by atoms with Crippen molar-refractivity contribution in [3.05, 3.63) is 48.2 Å². The maximum atomic E-state index is 12.4. The normalized spacial score (nSPS) is 13.9. The predicted molar refractivity (Wildman–Crippen MR) is 82.8 cm³/mol. The third kappa shape index (κ3) is 2.50. The standard InChI is InChI=1S/C16H16N4O3/c1-11-13(4-8-22-11)14-9-15(18-23-14)17-16(21)20-7-6-19-5-2-3-12(19)10-20/h2-5,8-9H,6-7,10H2,1H3,(H,17,18,21). The minimum Gasteiger partial charge on any atom is -0.469 e. The summed E-state index contributed by atoms with van der Waals surface area (Å²) >= 11 is 0. The molecular weight excluding hydrogens is 296 g/mol. The van der Waals surface area contributed by atoms with E-state index in [4.69, 9.17) is 8.94 Å². The number of rotatable bonds is 2. The molecule has 7 nitrogen and oxygen atoms in total. The molecular formula is C16H16N4O3. The van der Waals surface area contributed by atoms with Crippen LogP contribution in [0.25, 0.3) is 11.3 Å². The summed E-state index contributed by atoms with van der Waals surface area (Å²) in [6.07, 6.45) is 3.62. The number of aryl methyl sites for hydroxylation is 1. The molecule has 0 saturated heterocycles. The van der Waals surface area contributed by atoms with Crippen molar-refractivity contribution < 1.29 is 13.7 Å². The van der Waals surface area contributed by atoms with Crippen LogP contribution >= 0.6 is 0 Å². The van der Waals surface area contributed by atoms with E-state index < -0.39 is 0 Å². The zero-order valence-electron chi connectivity index (χ0n) is 12.7. The third-order valence-electron chi connectivity index (χ3n) is 4.04. The first-order valence-corrected chi connectivity index (χ1v) is 7.42. The van der Waals surface area contributed by atoms with Gasteiger partial charge in [-0.1, -0.05) is 5.16 Å². The summed E-state index contributed by atoms with van der Waals surface area (Å²) in [4.78, 5) is 14.1. The van der Waals surface area contributed by atoms with Crippen molar-refractivity contribution >= 4 is 11.8 Å². The molecule has 0 saturated carbocycles. The first-order valence-electron chi connectivity index (χ1n) is 7.42. The maximum absolute atomic E-state index is 12.4. The molecule has 0 radical (unpaired) electrons. The minimum absolute atomic E-state index is 0.179. The second kappa shape index (κ2) is 5.35. The van der Waals surface area contributed by atoms with E-state index in [0.717, 1.165) is 23.6 Å². The van der Waals surface area contributed by atoms with E-state index in [1.807, 2.05) is 25.3 Å². The van der Waals surface area contributed by atoms with Crippen molar-refractivity contribution in [2.24, 2.45) is 0 Å². The third-order valence-corrected chi connectivity index (χ3v) is 4.04. The quantitative estimate of drug-likeness (QED) is 0.789.